The summed E-state index contributed by atoms with van der Waals surface area (Å²) in [5, 5.41) is 3.91. The van der Waals surface area contributed by atoms with Gasteiger partial charge in [0.25, 0.3) is 0 Å². The van der Waals surface area contributed by atoms with Crippen LogP contribution in [0.5, 0.6) is 0 Å². The fourth-order valence-corrected chi connectivity index (χ4v) is 9.63. The Bertz CT molecular complexity index is 2780. The van der Waals surface area contributed by atoms with Gasteiger partial charge in [-0.25, -0.2) is 0 Å². The third-order valence-corrected chi connectivity index (χ3v) is 12.0. The number of aromatic nitrogens is 2. The summed E-state index contributed by atoms with van der Waals surface area (Å²) in [5.74, 6) is 0.710. The van der Waals surface area contributed by atoms with Crippen molar-refractivity contribution in [1.29, 1.82) is 0 Å². The lowest BCUT2D eigenvalue weighted by atomic mass is 9.65. The van der Waals surface area contributed by atoms with Crippen LogP contribution in [0.3, 0.4) is 0 Å². The molecule has 7 aromatic rings. The molecule has 11 rings (SSSR count). The molecule has 250 valence electrons. The highest BCUT2D eigenvalue weighted by molar-refractivity contribution is 6.09. The van der Waals surface area contributed by atoms with Gasteiger partial charge in [0.05, 0.1) is 16.6 Å². The van der Waals surface area contributed by atoms with Crippen molar-refractivity contribution < 1.29 is 0 Å². The molecule has 0 spiro atoms. The van der Waals surface area contributed by atoms with Gasteiger partial charge >= 0.3 is 0 Å². The minimum Gasteiger partial charge on any atom is -0.309 e. The van der Waals surface area contributed by atoms with E-state index in [1.807, 2.05) is 0 Å². The van der Waals surface area contributed by atoms with E-state index in [4.69, 9.17) is 0 Å². The largest absolute Gasteiger partial charge is 0.309 e. The van der Waals surface area contributed by atoms with Gasteiger partial charge in [0.15, 0.2) is 0 Å². The van der Waals surface area contributed by atoms with Gasteiger partial charge in [0.2, 0.25) is 0 Å². The standard InChI is InChI=1S/C50H40N2/c1-50(2,3)35-26-32-21-20-31-22-24-38(43-25-23-33(27-35)48(32)49(31)43)34-28-36(51-44-16-8-4-12-39(44)40-13-5-9-17-45(40)51)30-37(29-34)52-46-18-10-6-14-41(46)42-15-7-11-19-47(42)52/h4-6,8-14,16-30,32,48H,7,15H2,1-3H3. The van der Waals surface area contributed by atoms with Crippen LogP contribution in [-0.4, -0.2) is 9.13 Å². The van der Waals surface area contributed by atoms with Gasteiger partial charge in [-0.3, -0.25) is 0 Å². The highest BCUT2D eigenvalue weighted by Crippen LogP contribution is 2.52. The van der Waals surface area contributed by atoms with E-state index in [0.717, 1.165) is 12.8 Å². The first kappa shape index (κ1) is 29.8. The predicted molar refractivity (Wildman–Crippen MR) is 220 cm³/mol. The summed E-state index contributed by atoms with van der Waals surface area (Å²) < 4.78 is 4.99. The lowest BCUT2D eigenvalue weighted by Crippen LogP contribution is -2.24. The van der Waals surface area contributed by atoms with E-state index in [1.165, 1.54) is 94.3 Å². The maximum atomic E-state index is 2.53. The van der Waals surface area contributed by atoms with Crippen LogP contribution in [0.25, 0.3) is 73.4 Å². The molecule has 0 saturated heterocycles. The smallest absolute Gasteiger partial charge is 0.0541 e. The van der Waals surface area contributed by atoms with E-state index in [-0.39, 0.29) is 5.41 Å². The van der Waals surface area contributed by atoms with Gasteiger partial charge in [0.1, 0.15) is 0 Å². The summed E-state index contributed by atoms with van der Waals surface area (Å²) in [6.07, 6.45) is 21.4. The molecular formula is C50H40N2. The molecule has 2 nitrogen and oxygen atoms in total. The molecule has 0 N–H and O–H groups in total. The average Bonchev–Trinajstić information content (AvgIpc) is 3.69. The van der Waals surface area contributed by atoms with E-state index < -0.39 is 0 Å². The highest BCUT2D eigenvalue weighted by Gasteiger charge is 2.36. The second kappa shape index (κ2) is 10.8. The maximum absolute atomic E-state index is 2.53. The summed E-state index contributed by atoms with van der Waals surface area (Å²) in [4.78, 5) is 0. The van der Waals surface area contributed by atoms with E-state index in [2.05, 4.69) is 182 Å². The van der Waals surface area contributed by atoms with Crippen LogP contribution in [0.4, 0.5) is 0 Å². The molecule has 0 saturated carbocycles. The summed E-state index contributed by atoms with van der Waals surface area (Å²) in [6.45, 7) is 6.99. The molecule has 0 fully saturated rings. The number of rotatable bonds is 3. The molecule has 0 radical (unpaired) electrons. The minimum absolute atomic E-state index is 0.114. The normalized spacial score (nSPS) is 18.5. The Morgan fingerprint density at radius 1 is 0.654 bits per heavy atom. The number of fused-ring (bicyclic) bond motifs is 6. The number of benzene rings is 5. The fraction of sp³-hybridized carbons (Fsp3) is 0.160. The van der Waals surface area contributed by atoms with Crippen molar-refractivity contribution in [2.45, 2.75) is 39.5 Å². The predicted octanol–water partition coefficient (Wildman–Crippen LogP) is 13.0. The molecule has 2 atom stereocenters. The zero-order valence-corrected chi connectivity index (χ0v) is 29.9. The van der Waals surface area contributed by atoms with Gasteiger partial charge in [-0.15, -0.1) is 0 Å². The lowest BCUT2D eigenvalue weighted by Gasteiger charge is -2.39. The summed E-state index contributed by atoms with van der Waals surface area (Å²) >= 11 is 0. The number of hydrogen-bond acceptors (Lipinski definition) is 0. The van der Waals surface area contributed by atoms with Crippen molar-refractivity contribution in [2.24, 2.45) is 11.3 Å². The molecule has 2 heterocycles. The first-order chi connectivity index (χ1) is 25.4. The number of allylic oxidation sites excluding steroid dienone is 7. The van der Waals surface area contributed by atoms with Crippen molar-refractivity contribution in [1.82, 2.24) is 9.13 Å². The zero-order chi connectivity index (χ0) is 34.7. The molecule has 4 aliphatic carbocycles. The van der Waals surface area contributed by atoms with Crippen molar-refractivity contribution >= 4 is 50.9 Å². The molecule has 0 amide bonds. The van der Waals surface area contributed by atoms with Gasteiger partial charge in [0, 0.05) is 45.1 Å². The first-order valence-corrected chi connectivity index (χ1v) is 18.8. The van der Waals surface area contributed by atoms with Gasteiger partial charge < -0.3 is 9.13 Å². The summed E-state index contributed by atoms with van der Waals surface area (Å²) in [6, 6.07) is 38.7. The number of para-hydroxylation sites is 3. The van der Waals surface area contributed by atoms with Crippen molar-refractivity contribution in [3.8, 4) is 22.5 Å². The van der Waals surface area contributed by atoms with Crippen LogP contribution in [0, 0.1) is 11.3 Å². The summed E-state index contributed by atoms with van der Waals surface area (Å²) in [5.41, 5.74) is 18.5. The number of hydrogen-bond donors (Lipinski definition) is 0. The number of nitrogens with zero attached hydrogens (tertiary/aromatic N) is 2. The van der Waals surface area contributed by atoms with Gasteiger partial charge in [-0.2, -0.15) is 0 Å². The third kappa shape index (κ3) is 4.24. The quantitative estimate of drug-likeness (QED) is 0.177. The van der Waals surface area contributed by atoms with Crippen LogP contribution < -0.4 is 0 Å². The van der Waals surface area contributed by atoms with Crippen LogP contribution >= 0.6 is 0 Å². The van der Waals surface area contributed by atoms with E-state index in [9.17, 15) is 0 Å². The fourth-order valence-electron chi connectivity index (χ4n) is 9.63. The van der Waals surface area contributed by atoms with Crippen LogP contribution in [0.1, 0.15) is 61.1 Å². The van der Waals surface area contributed by atoms with Gasteiger partial charge in [-0.1, -0.05) is 130 Å². The van der Waals surface area contributed by atoms with E-state index in [1.54, 1.807) is 0 Å². The molecule has 2 heteroatoms. The first-order valence-electron chi connectivity index (χ1n) is 18.8. The van der Waals surface area contributed by atoms with Gasteiger partial charge in [-0.05, 0) is 105 Å². The Morgan fingerprint density at radius 3 is 2.06 bits per heavy atom. The Labute approximate surface area is 305 Å². The van der Waals surface area contributed by atoms with E-state index >= 15 is 0 Å². The second-order valence-electron chi connectivity index (χ2n) is 16.1. The Balaban J connectivity index is 1.20. The zero-order valence-electron chi connectivity index (χ0n) is 29.9. The highest BCUT2D eigenvalue weighted by atomic mass is 15.0. The average molecular weight is 669 g/mol. The molecule has 2 aromatic heterocycles. The Hall–Kier alpha value is -5.86. The van der Waals surface area contributed by atoms with E-state index in [0.29, 0.717) is 11.8 Å². The van der Waals surface area contributed by atoms with Crippen LogP contribution in [0.15, 0.2) is 145 Å². The Morgan fingerprint density at radius 2 is 1.33 bits per heavy atom. The molecule has 52 heavy (non-hydrogen) atoms. The number of aryl methyl sites for hydroxylation is 1. The lowest BCUT2D eigenvalue weighted by molar-refractivity contribution is 0.499. The molecule has 5 aromatic carbocycles. The molecular weight excluding hydrogens is 629 g/mol. The minimum atomic E-state index is 0.114. The molecule has 4 aliphatic rings. The maximum Gasteiger partial charge on any atom is 0.0541 e. The SMILES string of the molecule is CC(C)(C)C1=CC2C=Cc3ccc(-c4cc(-n5c6c(c7ccccc75)CCC=C6)cc(-n5c6ccccc6c6ccccc65)c4)c4c3C2C(=C1)C=C4. The second-order valence-corrected chi connectivity index (χ2v) is 16.1. The summed E-state index contributed by atoms with van der Waals surface area (Å²) in [7, 11) is 0. The van der Waals surface area contributed by atoms with Crippen LogP contribution in [0.2, 0.25) is 0 Å². The topological polar surface area (TPSA) is 9.86 Å². The molecule has 0 bridgehead atoms. The molecule has 0 aliphatic heterocycles. The van der Waals surface area contributed by atoms with Crippen molar-refractivity contribution in [3.05, 3.63) is 173 Å². The monoisotopic (exact) mass is 668 g/mol. The molecule has 2 unspecified atom stereocenters. The van der Waals surface area contributed by atoms with Crippen molar-refractivity contribution in [2.75, 3.05) is 0 Å². The van der Waals surface area contributed by atoms with Crippen molar-refractivity contribution in [3.63, 3.8) is 0 Å². The Kier molecular flexibility index (Phi) is 6.21. The van der Waals surface area contributed by atoms with Crippen LogP contribution in [-0.2, 0) is 6.42 Å². The third-order valence-electron chi connectivity index (χ3n) is 12.0.